The molecule has 0 aliphatic heterocycles. The summed E-state index contributed by atoms with van der Waals surface area (Å²) in [5.41, 5.74) is 0.571. The number of carbonyl (C=O) groups excluding carboxylic acids is 1. The van der Waals surface area contributed by atoms with Gasteiger partial charge in [-0.2, -0.15) is 0 Å². The Morgan fingerprint density at radius 1 is 1.62 bits per heavy atom. The molecule has 1 aliphatic rings. The third-order valence-electron chi connectivity index (χ3n) is 2.29. The van der Waals surface area contributed by atoms with Gasteiger partial charge in [-0.25, -0.2) is 0 Å². The summed E-state index contributed by atoms with van der Waals surface area (Å²) >= 11 is 0. The first-order chi connectivity index (χ1) is 6.25. The van der Waals surface area contributed by atoms with E-state index in [9.17, 15) is 4.79 Å². The number of aliphatic hydroxyl groups is 1. The van der Waals surface area contributed by atoms with Gasteiger partial charge in [-0.05, 0) is 25.0 Å². The molecule has 0 spiro atoms. The van der Waals surface area contributed by atoms with Crippen molar-refractivity contribution in [3.8, 4) is 0 Å². The van der Waals surface area contributed by atoms with Crippen LogP contribution in [0.15, 0.2) is 18.3 Å². The second-order valence-electron chi connectivity index (χ2n) is 3.38. The monoisotopic (exact) mass is 180 g/mol. The molecule has 0 aromatic carbocycles. The summed E-state index contributed by atoms with van der Waals surface area (Å²) in [6.07, 6.45) is 2.83. The van der Waals surface area contributed by atoms with Crippen LogP contribution in [-0.4, -0.2) is 28.1 Å². The molecule has 0 bridgehead atoms. The van der Waals surface area contributed by atoms with E-state index in [-0.39, 0.29) is 18.1 Å². The minimum Gasteiger partial charge on any atom is -0.393 e. The third kappa shape index (κ3) is 1.72. The first kappa shape index (κ1) is 8.31. The number of nitrogens with one attached hydrogen (secondary N) is 2. The van der Waals surface area contributed by atoms with Gasteiger partial charge in [-0.1, -0.05) is 0 Å². The van der Waals surface area contributed by atoms with Gasteiger partial charge in [0.15, 0.2) is 0 Å². The van der Waals surface area contributed by atoms with Crippen molar-refractivity contribution in [3.05, 3.63) is 24.0 Å². The van der Waals surface area contributed by atoms with E-state index in [0.29, 0.717) is 18.5 Å². The van der Waals surface area contributed by atoms with Crippen LogP contribution < -0.4 is 5.32 Å². The van der Waals surface area contributed by atoms with Gasteiger partial charge >= 0.3 is 0 Å². The van der Waals surface area contributed by atoms with Crippen LogP contribution in [0, 0.1) is 0 Å². The van der Waals surface area contributed by atoms with Crippen LogP contribution in [0.1, 0.15) is 23.3 Å². The normalized spacial score (nSPS) is 26.5. The molecule has 1 aliphatic carbocycles. The number of carbonyl (C=O) groups is 1. The number of hydrogen-bond donors (Lipinski definition) is 3. The number of rotatable bonds is 2. The zero-order chi connectivity index (χ0) is 9.26. The van der Waals surface area contributed by atoms with Gasteiger partial charge in [0.05, 0.1) is 6.10 Å². The quantitative estimate of drug-likeness (QED) is 0.611. The molecular formula is C9H12N2O2. The van der Waals surface area contributed by atoms with Crippen molar-refractivity contribution in [1.29, 1.82) is 0 Å². The van der Waals surface area contributed by atoms with Crippen LogP contribution in [-0.2, 0) is 0 Å². The zero-order valence-electron chi connectivity index (χ0n) is 7.16. The minimum absolute atomic E-state index is 0.0955. The van der Waals surface area contributed by atoms with Gasteiger partial charge in [0.25, 0.3) is 5.91 Å². The average Bonchev–Trinajstić information content (AvgIpc) is 2.53. The predicted molar refractivity (Wildman–Crippen MR) is 47.3 cm³/mol. The van der Waals surface area contributed by atoms with E-state index in [2.05, 4.69) is 10.3 Å². The molecule has 4 nitrogen and oxygen atoms in total. The van der Waals surface area contributed by atoms with E-state index < -0.39 is 0 Å². The number of aromatic amines is 1. The first-order valence-electron chi connectivity index (χ1n) is 4.38. The van der Waals surface area contributed by atoms with Crippen molar-refractivity contribution in [2.45, 2.75) is 25.0 Å². The smallest absolute Gasteiger partial charge is 0.267 e. The lowest BCUT2D eigenvalue weighted by atomic mass is 9.89. The average molecular weight is 180 g/mol. The lowest BCUT2D eigenvalue weighted by Crippen LogP contribution is -2.46. The summed E-state index contributed by atoms with van der Waals surface area (Å²) in [6, 6.07) is 3.65. The number of aliphatic hydroxyl groups excluding tert-OH is 1. The molecular weight excluding hydrogens is 168 g/mol. The molecule has 70 valence electrons. The lowest BCUT2D eigenvalue weighted by molar-refractivity contribution is 0.0561. The molecule has 1 saturated carbocycles. The second-order valence-corrected chi connectivity index (χ2v) is 3.38. The Morgan fingerprint density at radius 2 is 2.38 bits per heavy atom. The highest BCUT2D eigenvalue weighted by atomic mass is 16.3. The van der Waals surface area contributed by atoms with Crippen LogP contribution in [0.5, 0.6) is 0 Å². The molecule has 1 aromatic heterocycles. The fourth-order valence-electron chi connectivity index (χ4n) is 1.44. The van der Waals surface area contributed by atoms with Crippen LogP contribution in [0.2, 0.25) is 0 Å². The van der Waals surface area contributed by atoms with Crippen molar-refractivity contribution in [2.24, 2.45) is 0 Å². The maximum atomic E-state index is 11.4. The van der Waals surface area contributed by atoms with Gasteiger partial charge in [-0.3, -0.25) is 4.79 Å². The largest absolute Gasteiger partial charge is 0.393 e. The Labute approximate surface area is 76.0 Å². The summed E-state index contributed by atoms with van der Waals surface area (Å²) in [5.74, 6) is -0.0955. The highest BCUT2D eigenvalue weighted by Gasteiger charge is 2.28. The van der Waals surface area contributed by atoms with E-state index in [0.717, 1.165) is 0 Å². The van der Waals surface area contributed by atoms with Crippen LogP contribution in [0.3, 0.4) is 0 Å². The highest BCUT2D eigenvalue weighted by Crippen LogP contribution is 2.19. The maximum absolute atomic E-state index is 11.4. The molecule has 2 rings (SSSR count). The van der Waals surface area contributed by atoms with Crippen LogP contribution in [0.4, 0.5) is 0 Å². The molecule has 1 fully saturated rings. The SMILES string of the molecule is O=C(NC1CC(O)C1)c1ccc[nH]1. The predicted octanol–water partition coefficient (Wildman–Crippen LogP) is 0.268. The van der Waals surface area contributed by atoms with Gasteiger partial charge < -0.3 is 15.4 Å². The van der Waals surface area contributed by atoms with E-state index >= 15 is 0 Å². The molecule has 0 radical (unpaired) electrons. The molecule has 0 atom stereocenters. The Balaban J connectivity index is 1.86. The van der Waals surface area contributed by atoms with Crippen molar-refractivity contribution in [3.63, 3.8) is 0 Å². The summed E-state index contributed by atoms with van der Waals surface area (Å²) in [6.45, 7) is 0. The van der Waals surface area contributed by atoms with Gasteiger partial charge in [0.1, 0.15) is 5.69 Å². The lowest BCUT2D eigenvalue weighted by Gasteiger charge is -2.31. The molecule has 4 heteroatoms. The Hall–Kier alpha value is -1.29. The molecule has 3 N–H and O–H groups in total. The van der Waals surface area contributed by atoms with E-state index in [1.165, 1.54) is 0 Å². The number of H-pyrrole nitrogens is 1. The zero-order valence-corrected chi connectivity index (χ0v) is 7.16. The second kappa shape index (κ2) is 3.22. The Kier molecular flexibility index (Phi) is 2.06. The summed E-state index contributed by atoms with van der Waals surface area (Å²) in [7, 11) is 0. The van der Waals surface area contributed by atoms with Crippen LogP contribution in [0.25, 0.3) is 0 Å². The number of aromatic nitrogens is 1. The standard InChI is InChI=1S/C9H12N2O2/c12-7-4-6(5-7)11-9(13)8-2-1-3-10-8/h1-3,6-7,10,12H,4-5H2,(H,11,13). The summed E-state index contributed by atoms with van der Waals surface area (Å²) < 4.78 is 0. The molecule has 13 heavy (non-hydrogen) atoms. The molecule has 0 saturated heterocycles. The Bertz CT molecular complexity index is 289. The van der Waals surface area contributed by atoms with E-state index in [1.54, 1.807) is 18.3 Å². The molecule has 1 heterocycles. The fraction of sp³-hybridized carbons (Fsp3) is 0.444. The van der Waals surface area contributed by atoms with Crippen molar-refractivity contribution in [1.82, 2.24) is 10.3 Å². The summed E-state index contributed by atoms with van der Waals surface area (Å²) in [4.78, 5) is 14.2. The van der Waals surface area contributed by atoms with Crippen molar-refractivity contribution in [2.75, 3.05) is 0 Å². The van der Waals surface area contributed by atoms with E-state index in [1.807, 2.05) is 0 Å². The van der Waals surface area contributed by atoms with Gasteiger partial charge in [0.2, 0.25) is 0 Å². The fourth-order valence-corrected chi connectivity index (χ4v) is 1.44. The molecule has 1 amide bonds. The number of amides is 1. The Morgan fingerprint density at radius 3 is 2.92 bits per heavy atom. The third-order valence-corrected chi connectivity index (χ3v) is 2.29. The van der Waals surface area contributed by atoms with E-state index in [4.69, 9.17) is 5.11 Å². The minimum atomic E-state index is -0.228. The maximum Gasteiger partial charge on any atom is 0.267 e. The number of hydrogen-bond acceptors (Lipinski definition) is 2. The molecule has 0 unspecified atom stereocenters. The highest BCUT2D eigenvalue weighted by molar-refractivity contribution is 5.92. The summed E-state index contributed by atoms with van der Waals surface area (Å²) in [5, 5.41) is 11.8. The van der Waals surface area contributed by atoms with Gasteiger partial charge in [-0.15, -0.1) is 0 Å². The van der Waals surface area contributed by atoms with Crippen LogP contribution >= 0.6 is 0 Å². The van der Waals surface area contributed by atoms with Gasteiger partial charge in [0, 0.05) is 12.2 Å². The molecule has 1 aromatic rings. The topological polar surface area (TPSA) is 65.1 Å². The first-order valence-corrected chi connectivity index (χ1v) is 4.38. The van der Waals surface area contributed by atoms with Crippen molar-refractivity contribution < 1.29 is 9.90 Å². The van der Waals surface area contributed by atoms with Crippen molar-refractivity contribution >= 4 is 5.91 Å².